The van der Waals surface area contributed by atoms with Gasteiger partial charge in [0.15, 0.2) is 11.5 Å². The third-order valence-corrected chi connectivity index (χ3v) is 4.72. The lowest BCUT2D eigenvalue weighted by molar-refractivity contribution is -0.115. The average molecular weight is 429 g/mol. The van der Waals surface area contributed by atoms with Crippen LogP contribution in [0.15, 0.2) is 53.1 Å². The largest absolute Gasteiger partial charge is 0.490 e. The average Bonchev–Trinajstić information content (AvgIpc) is 2.66. The predicted molar refractivity (Wildman–Crippen MR) is 111 cm³/mol. The van der Waals surface area contributed by atoms with E-state index in [1.54, 1.807) is 6.20 Å². The maximum absolute atomic E-state index is 12.6. The van der Waals surface area contributed by atoms with E-state index in [2.05, 4.69) is 26.2 Å². The standard InChI is InChI=1S/C21H21BrN2O3/c1-3-26-19-11-14(16(22)13-20(19)27-4-2)12-21(25)24-18-9-5-8-17-15(18)7-6-10-23-17/h5-11,13H,3-4,12H2,1-2H3,(H,24,25). The highest BCUT2D eigenvalue weighted by atomic mass is 79.9. The molecule has 0 radical (unpaired) electrons. The molecule has 0 aliphatic heterocycles. The Bertz CT molecular complexity index is 954. The number of carbonyl (C=O) groups is 1. The van der Waals surface area contributed by atoms with Gasteiger partial charge in [0, 0.05) is 16.1 Å². The highest BCUT2D eigenvalue weighted by molar-refractivity contribution is 9.10. The van der Waals surface area contributed by atoms with Crippen molar-refractivity contribution < 1.29 is 14.3 Å². The molecule has 1 aromatic heterocycles. The van der Waals surface area contributed by atoms with Gasteiger partial charge in [0.2, 0.25) is 5.91 Å². The van der Waals surface area contributed by atoms with Crippen molar-refractivity contribution in [2.45, 2.75) is 20.3 Å². The fourth-order valence-corrected chi connectivity index (χ4v) is 3.29. The number of fused-ring (bicyclic) bond motifs is 1. The molecule has 3 rings (SSSR count). The summed E-state index contributed by atoms with van der Waals surface area (Å²) in [5, 5.41) is 3.89. The van der Waals surface area contributed by atoms with Gasteiger partial charge in [-0.2, -0.15) is 0 Å². The molecule has 5 nitrogen and oxygen atoms in total. The van der Waals surface area contributed by atoms with E-state index >= 15 is 0 Å². The van der Waals surface area contributed by atoms with Crippen LogP contribution < -0.4 is 14.8 Å². The topological polar surface area (TPSA) is 60.5 Å². The minimum Gasteiger partial charge on any atom is -0.490 e. The molecule has 6 heteroatoms. The summed E-state index contributed by atoms with van der Waals surface area (Å²) in [6, 6.07) is 13.2. The molecule has 2 aromatic carbocycles. The van der Waals surface area contributed by atoms with Gasteiger partial charge in [-0.15, -0.1) is 0 Å². The number of hydrogen-bond acceptors (Lipinski definition) is 4. The van der Waals surface area contributed by atoms with Crippen LogP contribution in [0.5, 0.6) is 11.5 Å². The number of nitrogens with zero attached hydrogens (tertiary/aromatic N) is 1. The van der Waals surface area contributed by atoms with Gasteiger partial charge in [-0.1, -0.05) is 22.0 Å². The number of ether oxygens (including phenoxy) is 2. The summed E-state index contributed by atoms with van der Waals surface area (Å²) in [5.41, 5.74) is 2.42. The van der Waals surface area contributed by atoms with Crippen molar-refractivity contribution in [3.8, 4) is 11.5 Å². The number of nitrogens with one attached hydrogen (secondary N) is 1. The number of carbonyl (C=O) groups excluding carboxylic acids is 1. The third kappa shape index (κ3) is 4.57. The lowest BCUT2D eigenvalue weighted by atomic mass is 10.1. The van der Waals surface area contributed by atoms with E-state index < -0.39 is 0 Å². The fraction of sp³-hybridized carbons (Fsp3) is 0.238. The van der Waals surface area contributed by atoms with Crippen LogP contribution in [0.2, 0.25) is 0 Å². The van der Waals surface area contributed by atoms with Crippen LogP contribution in [-0.4, -0.2) is 24.1 Å². The molecule has 0 spiro atoms. The minimum atomic E-state index is -0.112. The van der Waals surface area contributed by atoms with Crippen molar-refractivity contribution in [3.05, 3.63) is 58.7 Å². The van der Waals surface area contributed by atoms with Crippen molar-refractivity contribution in [2.75, 3.05) is 18.5 Å². The van der Waals surface area contributed by atoms with Crippen molar-refractivity contribution >= 4 is 38.4 Å². The molecular weight excluding hydrogens is 408 g/mol. The molecule has 0 atom stereocenters. The Kier molecular flexibility index (Phi) is 6.29. The fourth-order valence-electron chi connectivity index (χ4n) is 2.83. The Morgan fingerprint density at radius 2 is 1.81 bits per heavy atom. The molecule has 0 saturated carbocycles. The molecule has 140 valence electrons. The van der Waals surface area contributed by atoms with Crippen LogP contribution in [0.1, 0.15) is 19.4 Å². The minimum absolute atomic E-state index is 0.112. The highest BCUT2D eigenvalue weighted by Crippen LogP contribution is 2.34. The van der Waals surface area contributed by atoms with Crippen LogP contribution in [0.25, 0.3) is 10.9 Å². The van der Waals surface area contributed by atoms with Crippen molar-refractivity contribution in [3.63, 3.8) is 0 Å². The van der Waals surface area contributed by atoms with Gasteiger partial charge in [-0.25, -0.2) is 0 Å². The molecule has 1 heterocycles. The summed E-state index contributed by atoms with van der Waals surface area (Å²) in [6.07, 6.45) is 1.95. The second-order valence-electron chi connectivity index (χ2n) is 5.86. The smallest absolute Gasteiger partial charge is 0.228 e. The first-order valence-corrected chi connectivity index (χ1v) is 9.63. The first-order chi connectivity index (χ1) is 13.1. The van der Waals surface area contributed by atoms with Gasteiger partial charge in [-0.05, 0) is 55.8 Å². The van der Waals surface area contributed by atoms with E-state index in [0.29, 0.717) is 24.7 Å². The Morgan fingerprint density at radius 3 is 2.56 bits per heavy atom. The Morgan fingerprint density at radius 1 is 1.07 bits per heavy atom. The molecule has 0 aliphatic rings. The molecule has 0 fully saturated rings. The number of rotatable bonds is 7. The van der Waals surface area contributed by atoms with Gasteiger partial charge in [0.1, 0.15) is 0 Å². The molecule has 0 aliphatic carbocycles. The van der Waals surface area contributed by atoms with Crippen LogP contribution >= 0.6 is 15.9 Å². The molecule has 0 bridgehead atoms. The monoisotopic (exact) mass is 428 g/mol. The maximum Gasteiger partial charge on any atom is 0.228 e. The molecule has 27 heavy (non-hydrogen) atoms. The molecule has 1 N–H and O–H groups in total. The number of aromatic nitrogens is 1. The van der Waals surface area contributed by atoms with Crippen molar-refractivity contribution in [1.29, 1.82) is 0 Å². The SMILES string of the molecule is CCOc1cc(Br)c(CC(=O)Nc2cccc3ncccc23)cc1OCC. The number of anilines is 1. The van der Waals surface area contributed by atoms with Crippen LogP contribution in [0.3, 0.4) is 0 Å². The third-order valence-electron chi connectivity index (χ3n) is 3.98. The normalized spacial score (nSPS) is 10.6. The van der Waals surface area contributed by atoms with Crippen molar-refractivity contribution in [1.82, 2.24) is 4.98 Å². The zero-order chi connectivity index (χ0) is 19.2. The lowest BCUT2D eigenvalue weighted by Gasteiger charge is -2.14. The summed E-state index contributed by atoms with van der Waals surface area (Å²) < 4.78 is 12.1. The van der Waals surface area contributed by atoms with Gasteiger partial charge in [0.05, 0.1) is 30.8 Å². The van der Waals surface area contributed by atoms with E-state index in [1.807, 2.05) is 56.3 Å². The number of benzene rings is 2. The first-order valence-electron chi connectivity index (χ1n) is 8.84. The lowest BCUT2D eigenvalue weighted by Crippen LogP contribution is -2.15. The molecule has 0 unspecified atom stereocenters. The maximum atomic E-state index is 12.6. The summed E-state index contributed by atoms with van der Waals surface area (Å²) in [5.74, 6) is 1.19. The van der Waals surface area contributed by atoms with E-state index in [-0.39, 0.29) is 12.3 Å². The van der Waals surface area contributed by atoms with Crippen LogP contribution in [0, 0.1) is 0 Å². The van der Waals surface area contributed by atoms with E-state index in [9.17, 15) is 4.79 Å². The van der Waals surface area contributed by atoms with E-state index in [4.69, 9.17) is 9.47 Å². The Labute approximate surface area is 166 Å². The summed E-state index contributed by atoms with van der Waals surface area (Å²) in [4.78, 5) is 17.0. The van der Waals surface area contributed by atoms with E-state index in [0.717, 1.165) is 26.6 Å². The zero-order valence-corrected chi connectivity index (χ0v) is 16.9. The molecule has 1 amide bonds. The Hall–Kier alpha value is -2.60. The van der Waals surface area contributed by atoms with Gasteiger partial charge in [0.25, 0.3) is 0 Å². The number of pyridine rings is 1. The molecular formula is C21H21BrN2O3. The predicted octanol–water partition coefficient (Wildman–Crippen LogP) is 4.98. The first kappa shape index (κ1) is 19.2. The van der Waals surface area contributed by atoms with Gasteiger partial charge in [-0.3, -0.25) is 9.78 Å². The second-order valence-corrected chi connectivity index (χ2v) is 6.71. The highest BCUT2D eigenvalue weighted by Gasteiger charge is 2.14. The summed E-state index contributed by atoms with van der Waals surface area (Å²) in [7, 11) is 0. The van der Waals surface area contributed by atoms with Crippen LogP contribution in [-0.2, 0) is 11.2 Å². The Balaban J connectivity index is 1.82. The zero-order valence-electron chi connectivity index (χ0n) is 15.3. The van der Waals surface area contributed by atoms with Crippen LogP contribution in [0.4, 0.5) is 5.69 Å². The second kappa shape index (κ2) is 8.86. The summed E-state index contributed by atoms with van der Waals surface area (Å²) >= 11 is 3.53. The quantitative estimate of drug-likeness (QED) is 0.576. The number of hydrogen-bond donors (Lipinski definition) is 1. The number of halogens is 1. The van der Waals surface area contributed by atoms with Crippen molar-refractivity contribution in [2.24, 2.45) is 0 Å². The number of amides is 1. The summed E-state index contributed by atoms with van der Waals surface area (Å²) in [6.45, 7) is 4.90. The molecule has 0 saturated heterocycles. The van der Waals surface area contributed by atoms with E-state index in [1.165, 1.54) is 0 Å². The molecule has 3 aromatic rings. The van der Waals surface area contributed by atoms with Gasteiger partial charge < -0.3 is 14.8 Å². The van der Waals surface area contributed by atoms with Gasteiger partial charge >= 0.3 is 0 Å².